The summed E-state index contributed by atoms with van der Waals surface area (Å²) in [5.74, 6) is -2.94. The summed E-state index contributed by atoms with van der Waals surface area (Å²) in [6.45, 7) is 0. The van der Waals surface area contributed by atoms with Gasteiger partial charge in [0.05, 0.1) is 16.8 Å². The van der Waals surface area contributed by atoms with Crippen molar-refractivity contribution < 1.29 is 19.1 Å². The first-order chi connectivity index (χ1) is 9.90. The third kappa shape index (κ3) is 3.45. The molecule has 2 rings (SSSR count). The van der Waals surface area contributed by atoms with Crippen LogP contribution >= 0.6 is 31.9 Å². The summed E-state index contributed by atoms with van der Waals surface area (Å²) < 4.78 is 14.3. The fourth-order valence-corrected chi connectivity index (χ4v) is 2.93. The van der Waals surface area contributed by atoms with Crippen LogP contribution in [0.5, 0.6) is 0 Å². The molecule has 0 saturated carbocycles. The molecule has 21 heavy (non-hydrogen) atoms. The normalized spacial score (nSPS) is 10.2. The number of carboxylic acid groups (broad SMARTS) is 1. The largest absolute Gasteiger partial charge is 0.478 e. The van der Waals surface area contributed by atoms with Crippen molar-refractivity contribution in [1.82, 2.24) is 4.98 Å². The molecule has 5 nitrogen and oxygen atoms in total. The van der Waals surface area contributed by atoms with Crippen LogP contribution in [0.2, 0.25) is 0 Å². The van der Waals surface area contributed by atoms with Crippen molar-refractivity contribution in [2.75, 3.05) is 5.32 Å². The minimum Gasteiger partial charge on any atom is -0.478 e. The molecule has 8 heteroatoms. The molecule has 1 aromatic heterocycles. The summed E-state index contributed by atoms with van der Waals surface area (Å²) in [6.07, 6.45) is 1.21. The lowest BCUT2D eigenvalue weighted by Gasteiger charge is -2.11. The summed E-state index contributed by atoms with van der Waals surface area (Å²) >= 11 is 6.33. The fourth-order valence-electron chi connectivity index (χ4n) is 1.61. The van der Waals surface area contributed by atoms with Crippen LogP contribution in [0.15, 0.2) is 39.4 Å². The van der Waals surface area contributed by atoms with Crippen molar-refractivity contribution in [3.63, 3.8) is 0 Å². The summed E-state index contributed by atoms with van der Waals surface area (Å²) in [4.78, 5) is 26.6. The number of hydrogen-bond donors (Lipinski definition) is 2. The van der Waals surface area contributed by atoms with Crippen molar-refractivity contribution in [2.45, 2.75) is 0 Å². The van der Waals surface area contributed by atoms with Gasteiger partial charge in [-0.15, -0.1) is 0 Å². The Kier molecular flexibility index (Phi) is 4.69. The van der Waals surface area contributed by atoms with Gasteiger partial charge in [0.1, 0.15) is 0 Å². The van der Waals surface area contributed by atoms with Gasteiger partial charge in [-0.2, -0.15) is 4.39 Å². The highest BCUT2D eigenvalue weighted by Crippen LogP contribution is 2.31. The van der Waals surface area contributed by atoms with Crippen LogP contribution in [0.1, 0.15) is 20.7 Å². The maximum atomic E-state index is 13.5. The molecule has 1 aromatic carbocycles. The summed E-state index contributed by atoms with van der Waals surface area (Å²) in [5.41, 5.74) is -0.364. The van der Waals surface area contributed by atoms with Gasteiger partial charge in [0.15, 0.2) is 0 Å². The highest BCUT2D eigenvalue weighted by molar-refractivity contribution is 9.11. The molecule has 0 radical (unpaired) electrons. The van der Waals surface area contributed by atoms with E-state index in [1.807, 2.05) is 0 Å². The third-order valence-electron chi connectivity index (χ3n) is 2.53. The minimum atomic E-state index is -1.22. The van der Waals surface area contributed by atoms with E-state index in [0.29, 0.717) is 8.95 Å². The number of rotatable bonds is 3. The second-order valence-corrected chi connectivity index (χ2v) is 5.68. The molecule has 0 atom stereocenters. The Balaban J connectivity index is 2.42. The Morgan fingerprint density at radius 2 is 1.95 bits per heavy atom. The fraction of sp³-hybridized carbons (Fsp3) is 0. The summed E-state index contributed by atoms with van der Waals surface area (Å²) in [7, 11) is 0. The predicted octanol–water partition coefficient (Wildman–Crippen LogP) is 3.70. The Morgan fingerprint density at radius 1 is 1.24 bits per heavy atom. The number of aromatic carboxylic acids is 1. The topological polar surface area (TPSA) is 79.3 Å². The zero-order valence-electron chi connectivity index (χ0n) is 10.2. The van der Waals surface area contributed by atoms with Crippen LogP contribution in [0.4, 0.5) is 10.1 Å². The van der Waals surface area contributed by atoms with E-state index < -0.39 is 17.8 Å². The van der Waals surface area contributed by atoms with E-state index >= 15 is 0 Å². The average molecular weight is 418 g/mol. The van der Waals surface area contributed by atoms with Gasteiger partial charge in [0, 0.05) is 15.1 Å². The van der Waals surface area contributed by atoms with Crippen LogP contribution in [0.25, 0.3) is 0 Å². The Bertz CT molecular complexity index is 737. The van der Waals surface area contributed by atoms with Crippen LogP contribution < -0.4 is 5.32 Å². The summed E-state index contributed by atoms with van der Waals surface area (Å²) in [6, 6.07) is 5.57. The molecule has 2 N–H and O–H groups in total. The molecule has 0 spiro atoms. The molecule has 0 unspecified atom stereocenters. The molecule has 0 aliphatic rings. The quantitative estimate of drug-likeness (QED) is 0.746. The number of carbonyl (C=O) groups is 2. The second kappa shape index (κ2) is 6.31. The van der Waals surface area contributed by atoms with Crippen LogP contribution in [0, 0.1) is 5.95 Å². The highest BCUT2D eigenvalue weighted by Gasteiger charge is 2.19. The number of pyridine rings is 1. The highest BCUT2D eigenvalue weighted by atomic mass is 79.9. The number of halogens is 3. The van der Waals surface area contributed by atoms with Crippen molar-refractivity contribution in [1.29, 1.82) is 0 Å². The van der Waals surface area contributed by atoms with Gasteiger partial charge >= 0.3 is 5.97 Å². The van der Waals surface area contributed by atoms with E-state index in [2.05, 4.69) is 42.2 Å². The van der Waals surface area contributed by atoms with Crippen LogP contribution in [0.3, 0.4) is 0 Å². The third-order valence-corrected chi connectivity index (χ3v) is 3.61. The lowest BCUT2D eigenvalue weighted by atomic mass is 10.1. The van der Waals surface area contributed by atoms with Gasteiger partial charge in [-0.05, 0) is 40.2 Å². The monoisotopic (exact) mass is 416 g/mol. The number of nitrogens with zero attached hydrogens (tertiary/aromatic N) is 1. The van der Waals surface area contributed by atoms with Crippen LogP contribution in [-0.4, -0.2) is 22.0 Å². The maximum Gasteiger partial charge on any atom is 0.337 e. The first kappa shape index (κ1) is 15.6. The molecule has 108 valence electrons. The number of amides is 1. The van der Waals surface area contributed by atoms with E-state index in [4.69, 9.17) is 0 Å². The van der Waals surface area contributed by atoms with Gasteiger partial charge in [0.25, 0.3) is 5.91 Å². The lowest BCUT2D eigenvalue weighted by Crippen LogP contribution is -2.17. The van der Waals surface area contributed by atoms with Crippen molar-refractivity contribution in [3.8, 4) is 0 Å². The van der Waals surface area contributed by atoms with Crippen molar-refractivity contribution >= 4 is 49.4 Å². The van der Waals surface area contributed by atoms with Crippen molar-refractivity contribution in [3.05, 3.63) is 56.5 Å². The summed E-state index contributed by atoms with van der Waals surface area (Å²) in [5, 5.41) is 11.6. The van der Waals surface area contributed by atoms with E-state index in [9.17, 15) is 19.1 Å². The lowest BCUT2D eigenvalue weighted by molar-refractivity contribution is 0.0698. The van der Waals surface area contributed by atoms with Gasteiger partial charge in [-0.1, -0.05) is 15.9 Å². The number of nitrogens with one attached hydrogen (secondary N) is 1. The van der Waals surface area contributed by atoms with E-state index in [1.165, 1.54) is 24.4 Å². The smallest absolute Gasteiger partial charge is 0.337 e. The zero-order chi connectivity index (χ0) is 15.6. The van der Waals surface area contributed by atoms with E-state index in [-0.39, 0.29) is 16.8 Å². The van der Waals surface area contributed by atoms with Gasteiger partial charge in [-0.25, -0.2) is 9.78 Å². The number of aromatic nitrogens is 1. The van der Waals surface area contributed by atoms with Gasteiger partial charge < -0.3 is 10.4 Å². The van der Waals surface area contributed by atoms with Crippen LogP contribution in [-0.2, 0) is 0 Å². The number of hydrogen-bond acceptors (Lipinski definition) is 3. The minimum absolute atomic E-state index is 0.0407. The molecule has 1 heterocycles. The molecule has 0 aliphatic heterocycles. The predicted molar refractivity (Wildman–Crippen MR) is 80.9 cm³/mol. The molecule has 1 amide bonds. The zero-order valence-corrected chi connectivity index (χ0v) is 13.4. The average Bonchev–Trinajstić information content (AvgIpc) is 2.41. The van der Waals surface area contributed by atoms with Gasteiger partial charge in [-0.3, -0.25) is 4.79 Å². The number of benzene rings is 1. The van der Waals surface area contributed by atoms with Crippen molar-refractivity contribution in [2.24, 2.45) is 0 Å². The second-order valence-electron chi connectivity index (χ2n) is 3.91. The SMILES string of the molecule is O=C(Nc1c(Br)cc(Br)cc1C(=O)O)c1cccnc1F. The van der Waals surface area contributed by atoms with E-state index in [1.54, 1.807) is 6.07 Å². The number of anilines is 1. The molecular weight excluding hydrogens is 411 g/mol. The first-order valence-electron chi connectivity index (χ1n) is 5.54. The standard InChI is InChI=1S/C13H7Br2FN2O3/c14-6-4-8(13(20)21)10(9(15)5-6)18-12(19)7-2-1-3-17-11(7)16/h1-5H,(H,18,19)(H,20,21). The Hall–Kier alpha value is -1.80. The molecule has 0 bridgehead atoms. The number of carbonyl (C=O) groups excluding carboxylic acids is 1. The van der Waals surface area contributed by atoms with Gasteiger partial charge in [0.2, 0.25) is 5.95 Å². The molecule has 2 aromatic rings. The Morgan fingerprint density at radius 3 is 2.57 bits per heavy atom. The van der Waals surface area contributed by atoms with E-state index in [0.717, 1.165) is 0 Å². The molecular formula is C13H7Br2FN2O3. The molecule has 0 aliphatic carbocycles. The number of carboxylic acids is 1. The molecule has 0 fully saturated rings. The maximum absolute atomic E-state index is 13.5. The molecule has 0 saturated heterocycles. The first-order valence-corrected chi connectivity index (χ1v) is 7.13. The Labute approximate surface area is 135 Å².